The number of para-hydroxylation sites is 1. The number of aromatic nitrogens is 1. The molecule has 0 spiro atoms. The molecule has 0 atom stereocenters. The largest absolute Gasteiger partial charge is 0.416 e. The van der Waals surface area contributed by atoms with E-state index in [0.29, 0.717) is 15.7 Å². The molecular weight excluding hydrogens is 379 g/mol. The summed E-state index contributed by atoms with van der Waals surface area (Å²) >= 11 is 12.5. The Morgan fingerprint density at radius 1 is 1.12 bits per heavy atom. The van der Waals surface area contributed by atoms with Gasteiger partial charge in [-0.05, 0) is 42.5 Å². The molecule has 0 saturated heterocycles. The molecule has 0 unspecified atom stereocenters. The number of halogens is 4. The zero-order valence-corrected chi connectivity index (χ0v) is 14.2. The first-order valence-corrected chi connectivity index (χ1v) is 8.23. The first-order chi connectivity index (χ1) is 11.3. The van der Waals surface area contributed by atoms with Gasteiger partial charge in [0.2, 0.25) is 0 Å². The van der Waals surface area contributed by atoms with Crippen LogP contribution in [0.5, 0.6) is 0 Å². The van der Waals surface area contributed by atoms with Crippen LogP contribution in [0.3, 0.4) is 0 Å². The first kappa shape index (κ1) is 16.9. The molecule has 3 aromatic rings. The molecule has 1 heterocycles. The number of hydrogen-bond donors (Lipinski definition) is 2. The summed E-state index contributed by atoms with van der Waals surface area (Å²) in [4.78, 5) is 4.32. The maximum Gasteiger partial charge on any atom is 0.416 e. The molecule has 0 saturated carbocycles. The van der Waals surface area contributed by atoms with Gasteiger partial charge < -0.3 is 10.6 Å². The van der Waals surface area contributed by atoms with Gasteiger partial charge in [-0.1, -0.05) is 35.1 Å². The summed E-state index contributed by atoms with van der Waals surface area (Å²) in [5, 5.41) is 6.74. The van der Waals surface area contributed by atoms with Crippen LogP contribution >= 0.6 is 35.2 Å². The third kappa shape index (κ3) is 3.77. The van der Waals surface area contributed by atoms with Crippen molar-refractivity contribution < 1.29 is 13.2 Å². The third-order valence-corrected chi connectivity index (χ3v) is 4.48. The van der Waals surface area contributed by atoms with E-state index in [1.54, 1.807) is 6.07 Å². The summed E-state index contributed by atoms with van der Waals surface area (Å²) in [5.41, 5.74) is 0.136. The van der Waals surface area contributed by atoms with Crippen LogP contribution in [0.1, 0.15) is 5.56 Å². The molecule has 0 radical (unpaired) electrons. The van der Waals surface area contributed by atoms with Crippen molar-refractivity contribution in [1.82, 2.24) is 4.98 Å². The van der Waals surface area contributed by atoms with Crippen molar-refractivity contribution in [2.24, 2.45) is 0 Å². The Morgan fingerprint density at radius 2 is 1.88 bits per heavy atom. The highest BCUT2D eigenvalue weighted by molar-refractivity contribution is 7.80. The van der Waals surface area contributed by atoms with E-state index >= 15 is 0 Å². The zero-order chi connectivity index (χ0) is 17.3. The van der Waals surface area contributed by atoms with Gasteiger partial charge in [-0.25, -0.2) is 4.98 Å². The summed E-state index contributed by atoms with van der Waals surface area (Å²) in [6, 6.07) is 10.2. The Morgan fingerprint density at radius 3 is 2.58 bits per heavy atom. The summed E-state index contributed by atoms with van der Waals surface area (Å²) < 4.78 is 39.0. The smallest absolute Gasteiger partial charge is 0.332 e. The van der Waals surface area contributed by atoms with Gasteiger partial charge >= 0.3 is 6.18 Å². The highest BCUT2D eigenvalue weighted by Crippen LogP contribution is 2.32. The minimum Gasteiger partial charge on any atom is -0.332 e. The first-order valence-electron chi connectivity index (χ1n) is 6.63. The predicted octanol–water partition coefficient (Wildman–Crippen LogP) is 5.78. The summed E-state index contributed by atoms with van der Waals surface area (Å²) in [7, 11) is 0. The molecule has 9 heteroatoms. The van der Waals surface area contributed by atoms with Gasteiger partial charge in [0, 0.05) is 5.69 Å². The quantitative estimate of drug-likeness (QED) is 0.547. The van der Waals surface area contributed by atoms with E-state index in [1.807, 2.05) is 12.1 Å². The van der Waals surface area contributed by atoms with E-state index in [0.717, 1.165) is 16.8 Å². The van der Waals surface area contributed by atoms with Gasteiger partial charge in [0.1, 0.15) is 5.52 Å². The zero-order valence-electron chi connectivity index (χ0n) is 11.8. The van der Waals surface area contributed by atoms with E-state index in [9.17, 15) is 13.2 Å². The Labute approximate surface area is 149 Å². The molecule has 0 fully saturated rings. The fraction of sp³-hybridized carbons (Fsp3) is 0.0667. The Kier molecular flexibility index (Phi) is 4.62. The molecule has 2 N–H and O–H groups in total. The second-order valence-corrected chi connectivity index (χ2v) is 6.61. The normalized spacial score (nSPS) is 11.5. The lowest BCUT2D eigenvalue weighted by Gasteiger charge is -2.11. The van der Waals surface area contributed by atoms with Gasteiger partial charge in [0.25, 0.3) is 0 Å². The second-order valence-electron chi connectivity index (χ2n) is 4.76. The summed E-state index contributed by atoms with van der Waals surface area (Å²) in [6.07, 6.45) is -4.41. The van der Waals surface area contributed by atoms with E-state index < -0.39 is 11.7 Å². The van der Waals surface area contributed by atoms with Gasteiger partial charge in [0.05, 0.1) is 15.3 Å². The van der Waals surface area contributed by atoms with Crippen LogP contribution in [0.25, 0.3) is 10.2 Å². The fourth-order valence-electron chi connectivity index (χ4n) is 2.00. The molecular formula is C15H9ClF3N3S2. The van der Waals surface area contributed by atoms with E-state index in [2.05, 4.69) is 15.6 Å². The maximum atomic E-state index is 12.7. The highest BCUT2D eigenvalue weighted by Gasteiger charge is 2.30. The summed E-state index contributed by atoms with van der Waals surface area (Å²) in [6.45, 7) is 0. The Bertz CT molecular complexity index is 908. The number of nitrogens with one attached hydrogen (secondary N) is 2. The van der Waals surface area contributed by atoms with Gasteiger partial charge in [-0.2, -0.15) is 13.2 Å². The van der Waals surface area contributed by atoms with Crippen LogP contribution in [-0.2, 0) is 6.18 Å². The van der Waals surface area contributed by atoms with Gasteiger partial charge in [-0.15, -0.1) is 0 Å². The van der Waals surface area contributed by atoms with Crippen LogP contribution < -0.4 is 10.6 Å². The van der Waals surface area contributed by atoms with Crippen molar-refractivity contribution in [3.8, 4) is 0 Å². The lowest BCUT2D eigenvalue weighted by Crippen LogP contribution is -2.19. The van der Waals surface area contributed by atoms with Crippen LogP contribution in [0.15, 0.2) is 42.5 Å². The molecule has 0 amide bonds. The topological polar surface area (TPSA) is 37.0 Å². The maximum absolute atomic E-state index is 12.7. The van der Waals surface area contributed by atoms with Crippen molar-refractivity contribution in [1.29, 1.82) is 0 Å². The fourth-order valence-corrected chi connectivity index (χ4v) is 3.45. The van der Waals surface area contributed by atoms with Crippen LogP contribution in [0.2, 0.25) is 5.02 Å². The molecule has 0 bridgehead atoms. The second kappa shape index (κ2) is 6.54. The molecule has 0 aliphatic rings. The van der Waals surface area contributed by atoms with Crippen molar-refractivity contribution in [2.45, 2.75) is 6.18 Å². The van der Waals surface area contributed by atoms with Crippen LogP contribution in [0, 0.1) is 0 Å². The molecule has 3 rings (SSSR count). The number of nitrogens with zero attached hydrogens (tertiary/aromatic N) is 1. The average molecular weight is 388 g/mol. The van der Waals surface area contributed by atoms with E-state index in [-0.39, 0.29) is 10.8 Å². The SMILES string of the molecule is FC(F)(F)c1cccc(NC(=S)Nc2nc3c(Cl)cccc3s2)c1. The molecule has 1 aromatic heterocycles. The average Bonchev–Trinajstić information content (AvgIpc) is 2.90. The van der Waals surface area contributed by atoms with Gasteiger partial charge in [0.15, 0.2) is 10.2 Å². The minimum absolute atomic E-state index is 0.143. The number of thiazole rings is 1. The molecule has 3 nitrogen and oxygen atoms in total. The third-order valence-electron chi connectivity index (χ3n) is 3.04. The monoisotopic (exact) mass is 387 g/mol. The lowest BCUT2D eigenvalue weighted by atomic mass is 10.2. The number of hydrogen-bond acceptors (Lipinski definition) is 3. The Balaban J connectivity index is 1.74. The van der Waals surface area contributed by atoms with Crippen molar-refractivity contribution in [2.75, 3.05) is 10.6 Å². The number of thiocarbonyl (C=S) groups is 1. The molecule has 0 aliphatic carbocycles. The minimum atomic E-state index is -4.41. The number of benzene rings is 2. The number of alkyl halides is 3. The molecule has 0 aliphatic heterocycles. The standard InChI is InChI=1S/C15H9ClF3N3S2/c16-10-5-2-6-11-12(10)21-14(24-11)22-13(23)20-9-4-1-3-8(7-9)15(17,18)19/h1-7H,(H2,20,21,22,23). The molecule has 2 aromatic carbocycles. The number of rotatable bonds is 2. The van der Waals surface area contributed by atoms with Crippen LogP contribution in [-0.4, -0.2) is 10.1 Å². The van der Waals surface area contributed by atoms with E-state index in [1.165, 1.54) is 23.5 Å². The molecule has 24 heavy (non-hydrogen) atoms. The Hall–Kier alpha value is -1.90. The highest BCUT2D eigenvalue weighted by atomic mass is 35.5. The number of anilines is 2. The van der Waals surface area contributed by atoms with Crippen LogP contribution in [0.4, 0.5) is 24.0 Å². The molecule has 124 valence electrons. The van der Waals surface area contributed by atoms with Crippen molar-refractivity contribution in [3.05, 3.63) is 53.1 Å². The number of fused-ring (bicyclic) bond motifs is 1. The van der Waals surface area contributed by atoms with Gasteiger partial charge in [-0.3, -0.25) is 0 Å². The summed E-state index contributed by atoms with van der Waals surface area (Å²) in [5.74, 6) is 0. The predicted molar refractivity (Wildman–Crippen MR) is 95.9 cm³/mol. The van der Waals surface area contributed by atoms with Crippen molar-refractivity contribution >= 4 is 61.3 Å². The van der Waals surface area contributed by atoms with Crippen molar-refractivity contribution in [3.63, 3.8) is 0 Å². The lowest BCUT2D eigenvalue weighted by molar-refractivity contribution is -0.137. The van der Waals surface area contributed by atoms with E-state index in [4.69, 9.17) is 23.8 Å².